The number of hydrogen-bond acceptors (Lipinski definition) is 1. The van der Waals surface area contributed by atoms with E-state index in [0.29, 0.717) is 0 Å². The predicted molar refractivity (Wildman–Crippen MR) is 99.0 cm³/mol. The van der Waals surface area contributed by atoms with Crippen LogP contribution in [0.4, 0.5) is 11.4 Å². The van der Waals surface area contributed by atoms with Gasteiger partial charge in [-0.25, -0.2) is 0 Å². The molecule has 2 aromatic carbocycles. The van der Waals surface area contributed by atoms with Crippen molar-refractivity contribution < 1.29 is 0 Å². The van der Waals surface area contributed by atoms with E-state index in [4.69, 9.17) is 12.2 Å². The van der Waals surface area contributed by atoms with Gasteiger partial charge in [0.1, 0.15) is 0 Å². The third-order valence-corrected chi connectivity index (χ3v) is 4.56. The average molecular weight is 310 g/mol. The van der Waals surface area contributed by atoms with Crippen molar-refractivity contribution >= 4 is 28.7 Å². The Labute approximate surface area is 138 Å². The van der Waals surface area contributed by atoms with E-state index in [1.807, 2.05) is 0 Å². The summed E-state index contributed by atoms with van der Waals surface area (Å²) < 4.78 is 0. The molecule has 0 aromatic heterocycles. The van der Waals surface area contributed by atoms with Crippen LogP contribution in [0.15, 0.2) is 36.4 Å². The third kappa shape index (κ3) is 3.00. The van der Waals surface area contributed by atoms with E-state index in [-0.39, 0.29) is 0 Å². The summed E-state index contributed by atoms with van der Waals surface area (Å²) in [7, 11) is 0. The maximum atomic E-state index is 5.68. The summed E-state index contributed by atoms with van der Waals surface area (Å²) in [6.45, 7) is 7.34. The van der Waals surface area contributed by atoms with Crippen molar-refractivity contribution in [2.45, 2.75) is 33.6 Å². The molecule has 0 fully saturated rings. The molecule has 0 unspecified atom stereocenters. The Morgan fingerprint density at radius 2 is 1.77 bits per heavy atom. The Morgan fingerprint density at radius 3 is 2.59 bits per heavy atom. The molecule has 1 aliphatic heterocycles. The van der Waals surface area contributed by atoms with Crippen LogP contribution in [-0.2, 0) is 6.42 Å². The summed E-state index contributed by atoms with van der Waals surface area (Å²) in [5, 5.41) is 4.22. The number of fused-ring (bicyclic) bond motifs is 1. The minimum atomic E-state index is 0.790. The number of benzene rings is 2. The monoisotopic (exact) mass is 310 g/mol. The normalized spacial score (nSPS) is 13.7. The molecule has 2 nitrogen and oxygen atoms in total. The molecular formula is C19H22N2S. The second-order valence-electron chi connectivity index (χ2n) is 6.14. The fraction of sp³-hybridized carbons (Fsp3) is 0.316. The van der Waals surface area contributed by atoms with Crippen LogP contribution in [0.3, 0.4) is 0 Å². The first-order chi connectivity index (χ1) is 10.5. The predicted octanol–water partition coefficient (Wildman–Crippen LogP) is 4.76. The molecule has 0 aliphatic carbocycles. The van der Waals surface area contributed by atoms with Gasteiger partial charge >= 0.3 is 0 Å². The van der Waals surface area contributed by atoms with E-state index < -0.39 is 0 Å². The molecule has 1 N–H and O–H groups in total. The lowest BCUT2D eigenvalue weighted by molar-refractivity contribution is 0.780. The zero-order valence-electron chi connectivity index (χ0n) is 13.4. The number of hydrogen-bond donors (Lipinski definition) is 1. The van der Waals surface area contributed by atoms with Crippen LogP contribution < -0.4 is 10.2 Å². The first-order valence-corrected chi connectivity index (χ1v) is 8.21. The zero-order valence-corrected chi connectivity index (χ0v) is 14.3. The van der Waals surface area contributed by atoms with E-state index in [2.05, 4.69) is 67.4 Å². The second kappa shape index (κ2) is 6.09. The number of aryl methyl sites for hydroxylation is 4. The highest BCUT2D eigenvalue weighted by atomic mass is 32.1. The summed E-state index contributed by atoms with van der Waals surface area (Å²) in [5.41, 5.74) is 7.52. The van der Waals surface area contributed by atoms with Gasteiger partial charge in [0.2, 0.25) is 0 Å². The molecule has 0 saturated heterocycles. The molecule has 0 radical (unpaired) electrons. The molecule has 3 heteroatoms. The summed E-state index contributed by atoms with van der Waals surface area (Å²) in [6.07, 6.45) is 2.28. The largest absolute Gasteiger partial charge is 0.332 e. The highest BCUT2D eigenvalue weighted by Crippen LogP contribution is 2.29. The molecule has 0 spiro atoms. The number of nitrogens with zero attached hydrogens (tertiary/aromatic N) is 1. The van der Waals surface area contributed by atoms with Crippen molar-refractivity contribution in [1.82, 2.24) is 0 Å². The molecule has 1 aliphatic rings. The number of nitrogens with one attached hydrogen (secondary N) is 1. The highest BCUT2D eigenvalue weighted by Gasteiger charge is 2.20. The van der Waals surface area contributed by atoms with Crippen molar-refractivity contribution in [2.75, 3.05) is 16.8 Å². The van der Waals surface area contributed by atoms with Crippen LogP contribution in [0.2, 0.25) is 0 Å². The van der Waals surface area contributed by atoms with Crippen molar-refractivity contribution in [3.8, 4) is 0 Å². The van der Waals surface area contributed by atoms with Gasteiger partial charge in [-0.3, -0.25) is 0 Å². The Morgan fingerprint density at radius 1 is 1.05 bits per heavy atom. The molecule has 0 atom stereocenters. The number of rotatable bonds is 1. The van der Waals surface area contributed by atoms with E-state index in [9.17, 15) is 0 Å². The van der Waals surface area contributed by atoms with Crippen LogP contribution >= 0.6 is 12.2 Å². The Hall–Kier alpha value is -1.87. The molecule has 22 heavy (non-hydrogen) atoms. The van der Waals surface area contributed by atoms with Crippen molar-refractivity contribution in [3.05, 3.63) is 58.7 Å². The van der Waals surface area contributed by atoms with Gasteiger partial charge in [0.05, 0.1) is 0 Å². The Balaban J connectivity index is 1.86. The van der Waals surface area contributed by atoms with Crippen LogP contribution in [-0.4, -0.2) is 11.7 Å². The molecule has 3 rings (SSSR count). The maximum absolute atomic E-state index is 5.68. The molecule has 0 bridgehead atoms. The average Bonchev–Trinajstić information content (AvgIpc) is 2.50. The van der Waals surface area contributed by atoms with Crippen LogP contribution in [0.25, 0.3) is 0 Å². The van der Waals surface area contributed by atoms with Gasteiger partial charge < -0.3 is 10.2 Å². The van der Waals surface area contributed by atoms with E-state index in [1.54, 1.807) is 0 Å². The van der Waals surface area contributed by atoms with E-state index in [0.717, 1.165) is 30.2 Å². The molecule has 114 valence electrons. The lowest BCUT2D eigenvalue weighted by Gasteiger charge is -2.32. The van der Waals surface area contributed by atoms with Crippen LogP contribution in [0.1, 0.15) is 28.7 Å². The smallest absolute Gasteiger partial charge is 0.177 e. The summed E-state index contributed by atoms with van der Waals surface area (Å²) in [6, 6.07) is 13.1. The molecular weight excluding hydrogens is 288 g/mol. The minimum absolute atomic E-state index is 0.790. The summed E-state index contributed by atoms with van der Waals surface area (Å²) in [5.74, 6) is 0. The van der Waals surface area contributed by atoms with Gasteiger partial charge in [0, 0.05) is 17.9 Å². The van der Waals surface area contributed by atoms with E-state index in [1.165, 1.54) is 27.9 Å². The third-order valence-electron chi connectivity index (χ3n) is 4.23. The van der Waals surface area contributed by atoms with Gasteiger partial charge in [-0.05, 0) is 74.7 Å². The molecule has 1 heterocycles. The second-order valence-corrected chi connectivity index (χ2v) is 6.52. The van der Waals surface area contributed by atoms with Crippen LogP contribution in [0, 0.1) is 20.8 Å². The van der Waals surface area contributed by atoms with E-state index >= 15 is 0 Å². The maximum Gasteiger partial charge on any atom is 0.177 e. The molecule has 2 aromatic rings. The Bertz CT molecular complexity index is 721. The minimum Gasteiger partial charge on any atom is -0.332 e. The molecule has 0 saturated carbocycles. The number of thiocarbonyl (C=S) groups is 1. The topological polar surface area (TPSA) is 15.3 Å². The lowest BCUT2D eigenvalue weighted by atomic mass is 10.00. The standard InChI is InChI=1S/C19H22N2S/c1-13-7-9-18-16(11-13)5-4-10-21(18)19(22)20-17-12-14(2)6-8-15(17)3/h6-9,11-12H,4-5,10H2,1-3H3,(H,20,22). The quantitative estimate of drug-likeness (QED) is 0.764. The first-order valence-electron chi connectivity index (χ1n) is 7.80. The van der Waals surface area contributed by atoms with Gasteiger partial charge in [-0.2, -0.15) is 0 Å². The SMILES string of the molecule is Cc1ccc2c(c1)CCCN2C(=S)Nc1cc(C)ccc1C. The van der Waals surface area contributed by atoms with Gasteiger partial charge in [-0.1, -0.05) is 29.8 Å². The van der Waals surface area contributed by atoms with Crippen molar-refractivity contribution in [1.29, 1.82) is 0 Å². The van der Waals surface area contributed by atoms with Crippen molar-refractivity contribution in [3.63, 3.8) is 0 Å². The van der Waals surface area contributed by atoms with Crippen LogP contribution in [0.5, 0.6) is 0 Å². The zero-order chi connectivity index (χ0) is 15.7. The fourth-order valence-corrected chi connectivity index (χ4v) is 3.29. The number of anilines is 2. The summed E-state index contributed by atoms with van der Waals surface area (Å²) in [4.78, 5) is 2.23. The first kappa shape index (κ1) is 15.0. The van der Waals surface area contributed by atoms with Gasteiger partial charge in [0.25, 0.3) is 0 Å². The summed E-state index contributed by atoms with van der Waals surface area (Å²) >= 11 is 5.68. The van der Waals surface area contributed by atoms with Gasteiger partial charge in [-0.15, -0.1) is 0 Å². The molecule has 0 amide bonds. The fourth-order valence-electron chi connectivity index (χ4n) is 2.99. The Kier molecular flexibility index (Phi) is 4.16. The lowest BCUT2D eigenvalue weighted by Crippen LogP contribution is -2.38. The van der Waals surface area contributed by atoms with Crippen molar-refractivity contribution in [2.24, 2.45) is 0 Å². The highest BCUT2D eigenvalue weighted by molar-refractivity contribution is 7.80. The van der Waals surface area contributed by atoms with Gasteiger partial charge in [0.15, 0.2) is 5.11 Å².